The van der Waals surface area contributed by atoms with Crippen molar-refractivity contribution in [3.63, 3.8) is 0 Å². The van der Waals surface area contributed by atoms with Crippen LogP contribution in [0.1, 0.15) is 26.3 Å². The first-order chi connectivity index (χ1) is 49.3. The van der Waals surface area contributed by atoms with E-state index in [1.807, 2.05) is 0 Å². The van der Waals surface area contributed by atoms with Crippen molar-refractivity contribution in [2.45, 2.75) is 26.2 Å². The molecule has 0 saturated heterocycles. The van der Waals surface area contributed by atoms with Crippen LogP contribution in [0.2, 0.25) is 0 Å². The minimum absolute atomic E-state index is 0.0132. The van der Waals surface area contributed by atoms with Crippen LogP contribution >= 0.6 is 0 Å². The third-order valence-electron chi connectivity index (χ3n) is 21.4. The minimum atomic E-state index is -2.93. The molecule has 474 valence electrons. The molecule has 2 aliphatic rings. The van der Waals surface area contributed by atoms with Gasteiger partial charge < -0.3 is 14.4 Å². The normalized spacial score (nSPS) is 12.7. The van der Waals surface area contributed by atoms with E-state index in [9.17, 15) is 0 Å². The van der Waals surface area contributed by atoms with Gasteiger partial charge in [-0.25, -0.2) is 0 Å². The van der Waals surface area contributed by atoms with Gasteiger partial charge in [-0.15, -0.1) is 0 Å². The molecular weight excluding hydrogens is 1240 g/mol. The number of hydrogen-bond acceptors (Lipinski definition) is 2. The molecule has 15 aromatic carbocycles. The SMILES string of the molecule is CC(C)(C)c1ccc(-c2ccc3c(c2)B2c4cccc(-c5ccccc5)c4N(c4ccc([Si](c5ccccc5)(c5ccccc5)c5ccccc5)cc4)c4cc(-n5c6ccccc6c6ccccc65)cc(c42)N3c2ccc([Si](c3ccccc3)(c3ccccc3)c3ccccc3)cc2)cc1. The molecule has 0 N–H and O–H groups in total. The number of anilines is 6. The van der Waals surface area contributed by atoms with Gasteiger partial charge in [-0.3, -0.25) is 0 Å². The lowest BCUT2D eigenvalue weighted by Gasteiger charge is -2.45. The molecule has 0 unspecified atom stereocenters. The molecule has 0 fully saturated rings. The van der Waals surface area contributed by atoms with Gasteiger partial charge in [0.15, 0.2) is 16.1 Å². The Kier molecular flexibility index (Phi) is 14.9. The Hall–Kier alpha value is -11.8. The van der Waals surface area contributed by atoms with Crippen LogP contribution in [0.25, 0.3) is 49.7 Å². The highest BCUT2D eigenvalue weighted by molar-refractivity contribution is 7.20. The van der Waals surface area contributed by atoms with Gasteiger partial charge in [-0.2, -0.15) is 0 Å². The Morgan fingerprint density at radius 1 is 0.270 bits per heavy atom. The van der Waals surface area contributed by atoms with E-state index in [2.05, 4.69) is 417 Å². The quantitative estimate of drug-likeness (QED) is 0.0842. The molecule has 0 amide bonds. The molecule has 18 rings (SSSR count). The van der Waals surface area contributed by atoms with E-state index in [0.717, 1.165) is 45.2 Å². The number of hydrogen-bond donors (Lipinski definition) is 0. The van der Waals surface area contributed by atoms with Crippen LogP contribution in [-0.2, 0) is 5.41 Å². The highest BCUT2D eigenvalue weighted by Crippen LogP contribution is 2.49. The summed E-state index contributed by atoms with van der Waals surface area (Å²) in [4.78, 5) is 5.26. The van der Waals surface area contributed by atoms with Gasteiger partial charge in [0.2, 0.25) is 0 Å². The predicted molar refractivity (Wildman–Crippen MR) is 432 cm³/mol. The van der Waals surface area contributed by atoms with Crippen molar-refractivity contribution < 1.29 is 0 Å². The average Bonchev–Trinajstić information content (AvgIpc) is 0.753. The molecule has 0 aliphatic carbocycles. The standard InChI is InChI=1S/C94H72BN3Si2/c1-94(2,3)70-53-50-67(51-54-70)69-52-63-89-86(64-69)95-85-47-29-46-82(68-30-11-4-12-31-68)93(85)98(72-57-61-81(62-58-72)100(77-38-19-8-20-39-77,78-40-21-9-22-41-78)79-42-23-10-24-43-79)91-66-73(97-87-48-27-25-44-83(87)84-45-26-28-49-88(84)97)65-90(92(91)95)96(89)71-55-59-80(60-56-71)99(74-32-13-5-14-33-74,75-34-15-6-16-35-75)76-36-17-7-18-37-76/h4-66H,1-3H3. The summed E-state index contributed by atoms with van der Waals surface area (Å²) in [7, 11) is -5.84. The van der Waals surface area contributed by atoms with Crippen LogP contribution in [0, 0.1) is 0 Å². The second-order valence-corrected chi connectivity index (χ2v) is 35.5. The Balaban J connectivity index is 0.939. The summed E-state index contributed by atoms with van der Waals surface area (Å²) >= 11 is 0. The number of benzene rings is 15. The van der Waals surface area contributed by atoms with Crippen LogP contribution in [0.15, 0.2) is 382 Å². The number of aromatic nitrogens is 1. The zero-order chi connectivity index (χ0) is 66.9. The topological polar surface area (TPSA) is 11.4 Å². The summed E-state index contributed by atoms with van der Waals surface area (Å²) in [6.45, 7) is 6.71. The molecule has 3 heterocycles. The second kappa shape index (κ2) is 24.6. The highest BCUT2D eigenvalue weighted by atomic mass is 28.3. The monoisotopic (exact) mass is 1310 g/mol. The lowest BCUT2D eigenvalue weighted by molar-refractivity contribution is 0.590. The number of para-hydroxylation sites is 3. The molecule has 0 spiro atoms. The van der Waals surface area contributed by atoms with E-state index in [1.54, 1.807) is 0 Å². The van der Waals surface area contributed by atoms with E-state index in [1.165, 1.54) is 102 Å². The highest BCUT2D eigenvalue weighted by Gasteiger charge is 2.47. The van der Waals surface area contributed by atoms with Crippen molar-refractivity contribution in [3.8, 4) is 27.9 Å². The Morgan fingerprint density at radius 2 is 0.650 bits per heavy atom. The fraction of sp³-hybridized carbons (Fsp3) is 0.0426. The van der Waals surface area contributed by atoms with Crippen LogP contribution in [0.3, 0.4) is 0 Å². The van der Waals surface area contributed by atoms with Gasteiger partial charge in [-0.05, 0) is 140 Å². The third kappa shape index (κ3) is 9.76. The molecule has 1 aromatic heterocycles. The van der Waals surface area contributed by atoms with Gasteiger partial charge in [0.05, 0.1) is 16.7 Å². The van der Waals surface area contributed by atoms with Gasteiger partial charge in [-0.1, -0.05) is 348 Å². The molecule has 2 aliphatic heterocycles. The molecule has 6 heteroatoms. The lowest BCUT2D eigenvalue weighted by Crippen LogP contribution is -2.74. The van der Waals surface area contributed by atoms with Gasteiger partial charge in [0.25, 0.3) is 6.71 Å². The van der Waals surface area contributed by atoms with E-state index in [-0.39, 0.29) is 12.1 Å². The average molecular weight is 1310 g/mol. The Morgan fingerprint density at radius 3 is 1.09 bits per heavy atom. The van der Waals surface area contributed by atoms with E-state index >= 15 is 0 Å². The fourth-order valence-electron chi connectivity index (χ4n) is 17.0. The molecule has 0 atom stereocenters. The van der Waals surface area contributed by atoms with E-state index < -0.39 is 16.1 Å². The summed E-state index contributed by atoms with van der Waals surface area (Å²) in [6, 6.07) is 145. The number of rotatable bonds is 13. The van der Waals surface area contributed by atoms with Crippen molar-refractivity contribution in [2.75, 3.05) is 9.80 Å². The van der Waals surface area contributed by atoms with E-state index in [4.69, 9.17) is 0 Å². The zero-order valence-electron chi connectivity index (χ0n) is 56.3. The summed E-state index contributed by atoms with van der Waals surface area (Å²) in [5.74, 6) is 0. The zero-order valence-corrected chi connectivity index (χ0v) is 58.3. The smallest absolute Gasteiger partial charge is 0.252 e. The first kappa shape index (κ1) is 60.6. The molecule has 16 aromatic rings. The van der Waals surface area contributed by atoms with Crippen molar-refractivity contribution >= 4 is 137 Å². The van der Waals surface area contributed by atoms with Crippen molar-refractivity contribution in [2.24, 2.45) is 0 Å². The fourth-order valence-corrected chi connectivity index (χ4v) is 26.4. The first-order valence-electron chi connectivity index (χ1n) is 35.0. The van der Waals surface area contributed by atoms with Crippen molar-refractivity contribution in [1.29, 1.82) is 0 Å². The molecule has 0 saturated carbocycles. The largest absolute Gasteiger partial charge is 0.311 e. The molecule has 0 bridgehead atoms. The predicted octanol–water partition coefficient (Wildman–Crippen LogP) is 16.3. The maximum absolute atomic E-state index is 2.93. The van der Waals surface area contributed by atoms with Crippen LogP contribution in [-0.4, -0.2) is 27.4 Å². The van der Waals surface area contributed by atoms with Gasteiger partial charge in [0.1, 0.15) is 0 Å². The minimum Gasteiger partial charge on any atom is -0.311 e. The Bertz CT molecular complexity index is 5420. The first-order valence-corrected chi connectivity index (χ1v) is 39.0. The molecule has 3 nitrogen and oxygen atoms in total. The molecule has 100 heavy (non-hydrogen) atoms. The van der Waals surface area contributed by atoms with Gasteiger partial charge in [0, 0.05) is 50.5 Å². The van der Waals surface area contributed by atoms with Crippen LogP contribution in [0.5, 0.6) is 0 Å². The second-order valence-electron chi connectivity index (χ2n) is 27.9. The summed E-state index contributed by atoms with van der Waals surface area (Å²) in [6.07, 6.45) is 0. The van der Waals surface area contributed by atoms with Gasteiger partial charge >= 0.3 is 0 Å². The van der Waals surface area contributed by atoms with Crippen molar-refractivity contribution in [3.05, 3.63) is 388 Å². The Labute approximate surface area is 589 Å². The van der Waals surface area contributed by atoms with E-state index in [0.29, 0.717) is 0 Å². The number of fused-ring (bicyclic) bond motifs is 7. The maximum atomic E-state index is 2.64. The lowest BCUT2D eigenvalue weighted by atomic mass is 9.33. The summed E-state index contributed by atoms with van der Waals surface area (Å²) in [5, 5.41) is 13.1. The van der Waals surface area contributed by atoms with Crippen molar-refractivity contribution in [1.82, 2.24) is 4.57 Å². The van der Waals surface area contributed by atoms with Crippen LogP contribution < -0.4 is 67.7 Å². The molecule has 0 radical (unpaired) electrons. The summed E-state index contributed by atoms with van der Waals surface area (Å²) in [5.41, 5.74) is 20.0. The third-order valence-corrected chi connectivity index (χ3v) is 31.0. The summed E-state index contributed by atoms with van der Waals surface area (Å²) < 4.78 is 2.52. The molecular formula is C94H72BN3Si2. The number of nitrogens with zero attached hydrogens (tertiary/aromatic N) is 3. The maximum Gasteiger partial charge on any atom is 0.252 e. The van der Waals surface area contributed by atoms with Crippen LogP contribution in [0.4, 0.5) is 34.1 Å².